The molecule has 2 saturated heterocycles. The predicted octanol–water partition coefficient (Wildman–Crippen LogP) is 0.987. The van der Waals surface area contributed by atoms with Gasteiger partial charge in [0.1, 0.15) is 12.7 Å². The van der Waals surface area contributed by atoms with Crippen molar-refractivity contribution in [3.8, 4) is 0 Å². The average molecular weight is 286 g/mol. The molecule has 110 valence electrons. The molecule has 4 rings (SSSR count). The van der Waals surface area contributed by atoms with E-state index < -0.39 is 0 Å². The SMILES string of the molecule is Cc1ccc(N2CCC3(CC(n4cnnc4)CO3)C2)nn1. The number of aryl methyl sites for hydroxylation is 1. The molecule has 2 aromatic rings. The van der Waals surface area contributed by atoms with Gasteiger partial charge in [-0.3, -0.25) is 0 Å². The van der Waals surface area contributed by atoms with Crippen LogP contribution < -0.4 is 4.90 Å². The number of anilines is 1. The first-order valence-corrected chi connectivity index (χ1v) is 7.27. The molecule has 2 unspecified atom stereocenters. The lowest BCUT2D eigenvalue weighted by molar-refractivity contribution is 0.0219. The van der Waals surface area contributed by atoms with Crippen LogP contribution in [-0.4, -0.2) is 50.3 Å². The minimum Gasteiger partial charge on any atom is -0.371 e. The van der Waals surface area contributed by atoms with Crippen LogP contribution in [-0.2, 0) is 4.74 Å². The number of hydrogen-bond donors (Lipinski definition) is 0. The topological polar surface area (TPSA) is 69.0 Å². The molecule has 2 aliphatic heterocycles. The van der Waals surface area contributed by atoms with Gasteiger partial charge >= 0.3 is 0 Å². The van der Waals surface area contributed by atoms with Crippen LogP contribution >= 0.6 is 0 Å². The maximum absolute atomic E-state index is 6.15. The highest BCUT2D eigenvalue weighted by atomic mass is 16.5. The second kappa shape index (κ2) is 4.77. The molecule has 21 heavy (non-hydrogen) atoms. The molecule has 2 fully saturated rings. The zero-order valence-electron chi connectivity index (χ0n) is 12.0. The summed E-state index contributed by atoms with van der Waals surface area (Å²) in [6.45, 7) is 4.52. The smallest absolute Gasteiger partial charge is 0.151 e. The van der Waals surface area contributed by atoms with Crippen molar-refractivity contribution < 1.29 is 4.74 Å². The van der Waals surface area contributed by atoms with E-state index in [1.165, 1.54) is 0 Å². The molecule has 4 heterocycles. The van der Waals surface area contributed by atoms with E-state index in [2.05, 4.69) is 25.3 Å². The molecular formula is C14H18N6O. The molecule has 2 atom stereocenters. The molecule has 0 N–H and O–H groups in total. The molecule has 7 heteroatoms. The Morgan fingerprint density at radius 3 is 2.86 bits per heavy atom. The fourth-order valence-electron chi connectivity index (χ4n) is 3.29. The lowest BCUT2D eigenvalue weighted by atomic mass is 9.97. The molecule has 0 radical (unpaired) electrons. The van der Waals surface area contributed by atoms with E-state index in [0.29, 0.717) is 6.04 Å². The highest BCUT2D eigenvalue weighted by molar-refractivity contribution is 5.40. The number of hydrogen-bond acceptors (Lipinski definition) is 6. The van der Waals surface area contributed by atoms with Crippen LogP contribution in [0.25, 0.3) is 0 Å². The van der Waals surface area contributed by atoms with Crippen molar-refractivity contribution >= 4 is 5.82 Å². The van der Waals surface area contributed by atoms with Gasteiger partial charge in [-0.25, -0.2) is 0 Å². The minimum atomic E-state index is -0.0680. The van der Waals surface area contributed by atoms with Crippen LogP contribution in [0.2, 0.25) is 0 Å². The van der Waals surface area contributed by atoms with Gasteiger partial charge in [-0.15, -0.1) is 15.3 Å². The number of rotatable bonds is 2. The largest absolute Gasteiger partial charge is 0.371 e. The average Bonchev–Trinajstić information content (AvgIpc) is 3.22. The third-order valence-electron chi connectivity index (χ3n) is 4.47. The Labute approximate surface area is 123 Å². The summed E-state index contributed by atoms with van der Waals surface area (Å²) >= 11 is 0. The Bertz CT molecular complexity index is 613. The van der Waals surface area contributed by atoms with Crippen LogP contribution in [0.3, 0.4) is 0 Å². The summed E-state index contributed by atoms with van der Waals surface area (Å²) in [5, 5.41) is 16.2. The highest BCUT2D eigenvalue weighted by Crippen LogP contribution is 2.40. The van der Waals surface area contributed by atoms with Gasteiger partial charge in [-0.1, -0.05) is 0 Å². The third kappa shape index (κ3) is 2.27. The van der Waals surface area contributed by atoms with Crippen molar-refractivity contribution in [2.24, 2.45) is 0 Å². The fraction of sp³-hybridized carbons (Fsp3) is 0.571. The quantitative estimate of drug-likeness (QED) is 0.820. The molecule has 2 aromatic heterocycles. The van der Waals surface area contributed by atoms with Crippen LogP contribution in [0.4, 0.5) is 5.82 Å². The molecule has 0 aromatic carbocycles. The van der Waals surface area contributed by atoms with Gasteiger partial charge in [0.05, 0.1) is 23.9 Å². The molecule has 0 aliphatic carbocycles. The van der Waals surface area contributed by atoms with Gasteiger partial charge in [-0.2, -0.15) is 5.10 Å². The minimum absolute atomic E-state index is 0.0680. The first-order chi connectivity index (χ1) is 10.2. The van der Waals surface area contributed by atoms with Crippen molar-refractivity contribution in [1.29, 1.82) is 0 Å². The van der Waals surface area contributed by atoms with Crippen molar-refractivity contribution in [3.63, 3.8) is 0 Å². The third-order valence-corrected chi connectivity index (χ3v) is 4.47. The Balaban J connectivity index is 1.47. The second-order valence-corrected chi connectivity index (χ2v) is 5.97. The highest BCUT2D eigenvalue weighted by Gasteiger charge is 2.46. The summed E-state index contributed by atoms with van der Waals surface area (Å²) in [5.74, 6) is 0.939. The second-order valence-electron chi connectivity index (χ2n) is 5.97. The van der Waals surface area contributed by atoms with Crippen LogP contribution in [0, 0.1) is 6.92 Å². The molecule has 0 bridgehead atoms. The van der Waals surface area contributed by atoms with E-state index in [4.69, 9.17) is 4.74 Å². The molecule has 0 amide bonds. The van der Waals surface area contributed by atoms with Gasteiger partial charge < -0.3 is 14.2 Å². The van der Waals surface area contributed by atoms with E-state index in [1.807, 2.05) is 23.6 Å². The van der Waals surface area contributed by atoms with Crippen LogP contribution in [0.15, 0.2) is 24.8 Å². The zero-order valence-corrected chi connectivity index (χ0v) is 12.0. The summed E-state index contributed by atoms with van der Waals surface area (Å²) in [5.41, 5.74) is 0.874. The Morgan fingerprint density at radius 2 is 2.10 bits per heavy atom. The molecule has 1 spiro atoms. The Hall–Kier alpha value is -2.02. The number of aromatic nitrogens is 5. The predicted molar refractivity (Wildman–Crippen MR) is 76.0 cm³/mol. The molecule has 7 nitrogen and oxygen atoms in total. The number of nitrogens with zero attached hydrogens (tertiary/aromatic N) is 6. The van der Waals surface area contributed by atoms with E-state index in [9.17, 15) is 0 Å². The van der Waals surface area contributed by atoms with E-state index in [1.54, 1.807) is 12.7 Å². The maximum atomic E-state index is 6.15. The summed E-state index contributed by atoms with van der Waals surface area (Å²) in [6.07, 6.45) is 5.57. The molecular weight excluding hydrogens is 268 g/mol. The first kappa shape index (κ1) is 12.7. The monoisotopic (exact) mass is 286 g/mol. The normalized spacial score (nSPS) is 28.6. The summed E-state index contributed by atoms with van der Waals surface area (Å²) < 4.78 is 8.19. The van der Waals surface area contributed by atoms with Gasteiger partial charge in [0.25, 0.3) is 0 Å². The van der Waals surface area contributed by atoms with Crippen molar-refractivity contribution in [2.45, 2.75) is 31.4 Å². The summed E-state index contributed by atoms with van der Waals surface area (Å²) in [4.78, 5) is 2.26. The zero-order chi connectivity index (χ0) is 14.3. The van der Waals surface area contributed by atoms with E-state index in [-0.39, 0.29) is 5.60 Å². The molecule has 2 aliphatic rings. The van der Waals surface area contributed by atoms with E-state index in [0.717, 1.165) is 44.0 Å². The van der Waals surface area contributed by atoms with Crippen molar-refractivity contribution in [1.82, 2.24) is 25.0 Å². The lowest BCUT2D eigenvalue weighted by Gasteiger charge is -2.23. The first-order valence-electron chi connectivity index (χ1n) is 7.27. The number of ether oxygens (including phenoxy) is 1. The Morgan fingerprint density at radius 1 is 1.24 bits per heavy atom. The van der Waals surface area contributed by atoms with Crippen LogP contribution in [0.5, 0.6) is 0 Å². The molecule has 0 saturated carbocycles. The maximum Gasteiger partial charge on any atom is 0.151 e. The Kier molecular flexibility index (Phi) is 2.88. The van der Waals surface area contributed by atoms with Gasteiger partial charge in [0.2, 0.25) is 0 Å². The summed E-state index contributed by atoms with van der Waals surface area (Å²) in [6, 6.07) is 4.38. The van der Waals surface area contributed by atoms with Crippen LogP contribution in [0.1, 0.15) is 24.6 Å². The van der Waals surface area contributed by atoms with Gasteiger partial charge in [-0.05, 0) is 25.5 Å². The van der Waals surface area contributed by atoms with Gasteiger partial charge in [0, 0.05) is 19.5 Å². The van der Waals surface area contributed by atoms with E-state index >= 15 is 0 Å². The van der Waals surface area contributed by atoms with Crippen molar-refractivity contribution in [3.05, 3.63) is 30.5 Å². The lowest BCUT2D eigenvalue weighted by Crippen LogP contribution is -2.33. The van der Waals surface area contributed by atoms with Crippen molar-refractivity contribution in [2.75, 3.05) is 24.6 Å². The van der Waals surface area contributed by atoms with Gasteiger partial charge in [0.15, 0.2) is 5.82 Å². The fourth-order valence-corrected chi connectivity index (χ4v) is 3.29. The standard InChI is InChI=1S/C14H18N6O/c1-11-2-3-13(18-17-11)19-5-4-14(8-19)6-12(7-21-14)20-9-15-16-10-20/h2-3,9-10,12H,4-8H2,1H3. The summed E-state index contributed by atoms with van der Waals surface area (Å²) in [7, 11) is 0.